The molecule has 0 spiro atoms. The minimum atomic E-state index is -0.889. The maximum Gasteiger partial charge on any atom is 0.255 e. The molecule has 2 aromatic carbocycles. The van der Waals surface area contributed by atoms with Crippen LogP contribution in [0.3, 0.4) is 0 Å². The number of anilines is 1. The van der Waals surface area contributed by atoms with E-state index in [2.05, 4.69) is 5.32 Å². The molecule has 92 valence electrons. The van der Waals surface area contributed by atoms with Crippen molar-refractivity contribution in [2.45, 2.75) is 0 Å². The van der Waals surface area contributed by atoms with E-state index in [1.807, 2.05) is 0 Å². The smallest absolute Gasteiger partial charge is 0.255 e. The van der Waals surface area contributed by atoms with Gasteiger partial charge in [-0.3, -0.25) is 4.79 Å². The fraction of sp³-hybridized carbons (Fsp3) is 0. The van der Waals surface area contributed by atoms with E-state index in [0.717, 1.165) is 18.2 Å². The molecule has 2 rings (SSSR count). The normalized spacial score (nSPS) is 10.2. The third kappa shape index (κ3) is 2.51. The van der Waals surface area contributed by atoms with E-state index < -0.39 is 29.0 Å². The lowest BCUT2D eigenvalue weighted by Gasteiger charge is -2.07. The van der Waals surface area contributed by atoms with Crippen LogP contribution >= 0.6 is 0 Å². The van der Waals surface area contributed by atoms with Crippen LogP contribution in [0.5, 0.6) is 0 Å². The first-order chi connectivity index (χ1) is 8.58. The Morgan fingerprint density at radius 2 is 1.56 bits per heavy atom. The molecule has 0 aliphatic rings. The molecule has 0 saturated carbocycles. The molecule has 0 atom stereocenters. The summed E-state index contributed by atoms with van der Waals surface area (Å²) < 4.78 is 39.5. The lowest BCUT2D eigenvalue weighted by molar-refractivity contribution is 0.102. The summed E-state index contributed by atoms with van der Waals surface area (Å²) in [4.78, 5) is 11.7. The number of rotatable bonds is 2. The molecule has 0 radical (unpaired) electrons. The summed E-state index contributed by atoms with van der Waals surface area (Å²) >= 11 is 0. The largest absolute Gasteiger partial charge is 0.317 e. The van der Waals surface area contributed by atoms with E-state index in [4.69, 9.17) is 0 Å². The van der Waals surface area contributed by atoms with Gasteiger partial charge in [-0.05, 0) is 30.3 Å². The molecule has 2 aromatic rings. The lowest BCUT2D eigenvalue weighted by atomic mass is 10.2. The van der Waals surface area contributed by atoms with Crippen molar-refractivity contribution in [3.05, 3.63) is 65.5 Å². The number of hydrogen-bond acceptors (Lipinski definition) is 1. The number of benzene rings is 2. The molecule has 1 amide bonds. The first kappa shape index (κ1) is 12.2. The number of halogens is 3. The summed E-state index contributed by atoms with van der Waals surface area (Å²) in [5, 5.41) is 2.07. The van der Waals surface area contributed by atoms with Crippen LogP contribution in [-0.4, -0.2) is 5.91 Å². The summed E-state index contributed by atoms with van der Waals surface area (Å²) in [6.45, 7) is 0. The molecule has 0 aromatic heterocycles. The molecule has 0 heterocycles. The first-order valence-electron chi connectivity index (χ1n) is 5.09. The molecular formula is C13H8F3NO. The zero-order chi connectivity index (χ0) is 13.1. The average molecular weight is 251 g/mol. The van der Waals surface area contributed by atoms with Crippen LogP contribution in [-0.2, 0) is 0 Å². The highest BCUT2D eigenvalue weighted by molar-refractivity contribution is 6.04. The number of para-hydroxylation sites is 1. The van der Waals surface area contributed by atoms with Gasteiger partial charge in [0, 0.05) is 5.56 Å². The van der Waals surface area contributed by atoms with Crippen LogP contribution in [0.15, 0.2) is 42.5 Å². The Morgan fingerprint density at radius 1 is 0.944 bits per heavy atom. The molecule has 5 heteroatoms. The van der Waals surface area contributed by atoms with E-state index in [-0.39, 0.29) is 5.56 Å². The van der Waals surface area contributed by atoms with Crippen LogP contribution < -0.4 is 5.32 Å². The summed E-state index contributed by atoms with van der Waals surface area (Å²) in [7, 11) is 0. The quantitative estimate of drug-likeness (QED) is 0.871. The highest BCUT2D eigenvalue weighted by Gasteiger charge is 2.13. The van der Waals surface area contributed by atoms with Crippen molar-refractivity contribution in [2.75, 3.05) is 5.32 Å². The zero-order valence-electron chi connectivity index (χ0n) is 9.08. The Bertz CT molecular complexity index is 578. The SMILES string of the molecule is O=C(Nc1c(F)cccc1F)c1cccc(F)c1. The van der Waals surface area contributed by atoms with Gasteiger partial charge < -0.3 is 5.32 Å². The molecule has 18 heavy (non-hydrogen) atoms. The Kier molecular flexibility index (Phi) is 3.32. The van der Waals surface area contributed by atoms with Gasteiger partial charge in [0.15, 0.2) is 0 Å². The van der Waals surface area contributed by atoms with Gasteiger partial charge in [-0.1, -0.05) is 12.1 Å². The molecule has 0 aliphatic carbocycles. The minimum Gasteiger partial charge on any atom is -0.317 e. The maximum atomic E-state index is 13.3. The van der Waals surface area contributed by atoms with Gasteiger partial charge in [0.05, 0.1) is 0 Å². The van der Waals surface area contributed by atoms with Crippen LogP contribution in [0.2, 0.25) is 0 Å². The molecular weight excluding hydrogens is 243 g/mol. The van der Waals surface area contributed by atoms with Crippen molar-refractivity contribution in [1.82, 2.24) is 0 Å². The van der Waals surface area contributed by atoms with Gasteiger partial charge in [0.2, 0.25) is 0 Å². The summed E-state index contributed by atoms with van der Waals surface area (Å²) in [5.41, 5.74) is -0.565. The third-order valence-corrected chi connectivity index (χ3v) is 2.29. The van der Waals surface area contributed by atoms with Crippen molar-refractivity contribution in [3.8, 4) is 0 Å². The highest BCUT2D eigenvalue weighted by Crippen LogP contribution is 2.19. The predicted octanol–water partition coefficient (Wildman–Crippen LogP) is 3.36. The van der Waals surface area contributed by atoms with E-state index in [0.29, 0.717) is 0 Å². The van der Waals surface area contributed by atoms with Gasteiger partial charge in [0.1, 0.15) is 23.1 Å². The maximum absolute atomic E-state index is 13.3. The number of carbonyl (C=O) groups excluding carboxylic acids is 1. The minimum absolute atomic E-state index is 0.0161. The average Bonchev–Trinajstić information content (AvgIpc) is 2.34. The fourth-order valence-corrected chi connectivity index (χ4v) is 1.43. The Morgan fingerprint density at radius 3 is 2.17 bits per heavy atom. The zero-order valence-corrected chi connectivity index (χ0v) is 9.08. The monoisotopic (exact) mass is 251 g/mol. The van der Waals surface area contributed by atoms with Crippen molar-refractivity contribution in [2.24, 2.45) is 0 Å². The van der Waals surface area contributed by atoms with Gasteiger partial charge in [0.25, 0.3) is 5.91 Å². The number of nitrogens with one attached hydrogen (secondary N) is 1. The third-order valence-electron chi connectivity index (χ3n) is 2.29. The van der Waals surface area contributed by atoms with E-state index >= 15 is 0 Å². The molecule has 0 saturated heterocycles. The molecule has 2 nitrogen and oxygen atoms in total. The second-order valence-corrected chi connectivity index (χ2v) is 3.56. The second-order valence-electron chi connectivity index (χ2n) is 3.56. The molecule has 0 fully saturated rings. The van der Waals surface area contributed by atoms with Crippen LogP contribution in [0.4, 0.5) is 18.9 Å². The molecule has 0 bridgehead atoms. The number of hydrogen-bond donors (Lipinski definition) is 1. The Labute approximate surface area is 101 Å². The Hall–Kier alpha value is -2.30. The van der Waals surface area contributed by atoms with Crippen molar-refractivity contribution in [1.29, 1.82) is 0 Å². The van der Waals surface area contributed by atoms with E-state index in [1.165, 1.54) is 24.3 Å². The van der Waals surface area contributed by atoms with Gasteiger partial charge in [-0.15, -0.1) is 0 Å². The van der Waals surface area contributed by atoms with Crippen LogP contribution in [0, 0.1) is 17.5 Å². The molecule has 0 aliphatic heterocycles. The lowest BCUT2D eigenvalue weighted by Crippen LogP contribution is -2.14. The summed E-state index contributed by atoms with van der Waals surface area (Å²) in [6.07, 6.45) is 0. The number of carbonyl (C=O) groups is 1. The van der Waals surface area contributed by atoms with Gasteiger partial charge in [-0.2, -0.15) is 0 Å². The topological polar surface area (TPSA) is 29.1 Å². The van der Waals surface area contributed by atoms with Crippen molar-refractivity contribution in [3.63, 3.8) is 0 Å². The van der Waals surface area contributed by atoms with Crippen LogP contribution in [0.25, 0.3) is 0 Å². The van der Waals surface area contributed by atoms with Crippen LogP contribution in [0.1, 0.15) is 10.4 Å². The first-order valence-corrected chi connectivity index (χ1v) is 5.09. The second kappa shape index (κ2) is 4.91. The van der Waals surface area contributed by atoms with Crippen molar-refractivity contribution >= 4 is 11.6 Å². The predicted molar refractivity (Wildman–Crippen MR) is 60.7 cm³/mol. The van der Waals surface area contributed by atoms with E-state index in [1.54, 1.807) is 0 Å². The van der Waals surface area contributed by atoms with Gasteiger partial charge in [-0.25, -0.2) is 13.2 Å². The van der Waals surface area contributed by atoms with E-state index in [9.17, 15) is 18.0 Å². The fourth-order valence-electron chi connectivity index (χ4n) is 1.43. The highest BCUT2D eigenvalue weighted by atomic mass is 19.1. The standard InChI is InChI=1S/C13H8F3NO/c14-9-4-1-3-8(7-9)13(18)17-12-10(15)5-2-6-11(12)16/h1-7H,(H,17,18). The molecule has 1 N–H and O–H groups in total. The molecule has 0 unspecified atom stereocenters. The summed E-state index contributed by atoms with van der Waals surface area (Å²) in [5.74, 6) is -3.16. The van der Waals surface area contributed by atoms with Crippen molar-refractivity contribution < 1.29 is 18.0 Å². The number of amides is 1. The van der Waals surface area contributed by atoms with Gasteiger partial charge >= 0.3 is 0 Å². The Balaban J connectivity index is 2.27. The summed E-state index contributed by atoms with van der Waals surface area (Å²) in [6, 6.07) is 8.05.